The van der Waals surface area contributed by atoms with Crippen LogP contribution in [-0.4, -0.2) is 4.89 Å². The van der Waals surface area contributed by atoms with Gasteiger partial charge in [-0.15, -0.1) is 0 Å². The molecule has 29 heavy (non-hydrogen) atoms. The predicted octanol–water partition coefficient (Wildman–Crippen LogP) is 5.21. The van der Waals surface area contributed by atoms with Crippen LogP contribution in [0.25, 0.3) is 0 Å². The standard InChI is InChI=1S/C26H33OP.Pd/c1-25(2,3)20-17-18-24(23(19-20)26(4,5)6)28(27,21-13-9-7-10-14-21)22-15-11-8-12-16-22;/h7-19,27-28H,1-6H3;. The monoisotopic (exact) mass is 498 g/mol. The van der Waals surface area contributed by atoms with Crippen molar-refractivity contribution in [3.05, 3.63) is 90.0 Å². The van der Waals surface area contributed by atoms with Gasteiger partial charge in [0.1, 0.15) is 0 Å². The summed E-state index contributed by atoms with van der Waals surface area (Å²) in [6.07, 6.45) is 0. The fourth-order valence-electron chi connectivity index (χ4n) is 3.78. The molecule has 0 unspecified atom stereocenters. The maximum atomic E-state index is 12.4. The number of hydrogen-bond acceptors (Lipinski definition) is 1. The number of hydrogen-bond donors (Lipinski definition) is 1. The number of benzene rings is 3. The first kappa shape index (κ1) is 24.0. The molecule has 1 nitrogen and oxygen atoms in total. The quantitative estimate of drug-likeness (QED) is 0.388. The van der Waals surface area contributed by atoms with E-state index >= 15 is 0 Å². The maximum absolute atomic E-state index is 12.4. The van der Waals surface area contributed by atoms with Crippen molar-refractivity contribution in [2.45, 2.75) is 52.4 Å². The van der Waals surface area contributed by atoms with Crippen LogP contribution in [0.5, 0.6) is 0 Å². The minimum Gasteiger partial charge on any atom is 0 e. The molecule has 0 saturated carbocycles. The molecule has 0 fully saturated rings. The molecule has 1 N–H and O–H groups in total. The van der Waals surface area contributed by atoms with E-state index in [9.17, 15) is 4.89 Å². The Morgan fingerprint density at radius 2 is 1.07 bits per heavy atom. The van der Waals surface area contributed by atoms with Crippen LogP contribution in [0.15, 0.2) is 78.9 Å². The van der Waals surface area contributed by atoms with Gasteiger partial charge in [-0.1, -0.05) is 0 Å². The second kappa shape index (κ2) is 8.83. The van der Waals surface area contributed by atoms with Crippen molar-refractivity contribution in [3.63, 3.8) is 0 Å². The van der Waals surface area contributed by atoms with E-state index in [1.54, 1.807) is 0 Å². The van der Waals surface area contributed by atoms with Gasteiger partial charge in [0, 0.05) is 20.4 Å². The molecule has 3 aromatic rings. The molecule has 0 heterocycles. The third-order valence-corrected chi connectivity index (χ3v) is 9.02. The van der Waals surface area contributed by atoms with Crippen LogP contribution in [0.4, 0.5) is 0 Å². The summed E-state index contributed by atoms with van der Waals surface area (Å²) in [6, 6.07) is 27.1. The van der Waals surface area contributed by atoms with Gasteiger partial charge in [0.15, 0.2) is 0 Å². The Morgan fingerprint density at radius 3 is 1.45 bits per heavy atom. The van der Waals surface area contributed by atoms with Crippen LogP contribution in [0, 0.1) is 0 Å². The Bertz CT molecular complexity index is 898. The summed E-state index contributed by atoms with van der Waals surface area (Å²) in [4.78, 5) is 12.4. The van der Waals surface area contributed by atoms with Crippen LogP contribution >= 0.6 is 7.49 Å². The van der Waals surface area contributed by atoms with Gasteiger partial charge < -0.3 is 0 Å². The molecule has 0 amide bonds. The Hall–Kier alpha value is -1.29. The molecule has 0 spiro atoms. The summed E-state index contributed by atoms with van der Waals surface area (Å²) in [7, 11) is -3.11. The van der Waals surface area contributed by atoms with Gasteiger partial charge in [0.05, 0.1) is 0 Å². The average Bonchev–Trinajstić information content (AvgIpc) is 2.67. The molecule has 3 aromatic carbocycles. The molecule has 0 aliphatic rings. The Morgan fingerprint density at radius 1 is 0.621 bits per heavy atom. The largest absolute Gasteiger partial charge is 0 e. The molecule has 0 aromatic heterocycles. The van der Waals surface area contributed by atoms with Gasteiger partial charge in [-0.3, -0.25) is 0 Å². The van der Waals surface area contributed by atoms with Gasteiger partial charge in [0.2, 0.25) is 0 Å². The van der Waals surface area contributed by atoms with E-state index in [0.717, 1.165) is 15.9 Å². The smallest absolute Gasteiger partial charge is 0 e. The number of rotatable bonds is 3. The van der Waals surface area contributed by atoms with E-state index in [2.05, 4.69) is 84.0 Å². The summed E-state index contributed by atoms with van der Waals surface area (Å²) in [6.45, 7) is 13.4. The summed E-state index contributed by atoms with van der Waals surface area (Å²) < 4.78 is 0. The predicted molar refractivity (Wildman–Crippen MR) is 126 cm³/mol. The van der Waals surface area contributed by atoms with E-state index in [1.165, 1.54) is 11.1 Å². The van der Waals surface area contributed by atoms with Crippen molar-refractivity contribution in [2.75, 3.05) is 0 Å². The SMILES string of the molecule is CC(C)(C)c1ccc([PH](O)(c2ccccc2)c2ccccc2)c(C(C)(C)C)c1.[Pd]. The molecule has 0 atom stereocenters. The van der Waals surface area contributed by atoms with Crippen LogP contribution in [-0.2, 0) is 31.3 Å². The second-order valence-corrected chi connectivity index (χ2v) is 12.8. The van der Waals surface area contributed by atoms with E-state index in [-0.39, 0.29) is 31.3 Å². The fraction of sp³-hybridized carbons (Fsp3) is 0.308. The topological polar surface area (TPSA) is 20.2 Å². The molecule has 0 bridgehead atoms. The minimum atomic E-state index is -3.11. The normalized spacial score (nSPS) is 12.9. The van der Waals surface area contributed by atoms with Gasteiger partial charge in [-0.2, -0.15) is 0 Å². The van der Waals surface area contributed by atoms with Gasteiger partial charge in [0.25, 0.3) is 0 Å². The summed E-state index contributed by atoms with van der Waals surface area (Å²) >= 11 is 0. The zero-order valence-corrected chi connectivity index (χ0v) is 20.8. The van der Waals surface area contributed by atoms with Gasteiger partial charge in [-0.25, -0.2) is 0 Å². The van der Waals surface area contributed by atoms with Gasteiger partial charge in [-0.05, 0) is 0 Å². The molecular formula is C26H33OPPd. The van der Waals surface area contributed by atoms with Crippen LogP contribution in [0.3, 0.4) is 0 Å². The van der Waals surface area contributed by atoms with Crippen molar-refractivity contribution in [3.8, 4) is 0 Å². The molecule has 0 aliphatic heterocycles. The molecular weight excluding hydrogens is 466 g/mol. The van der Waals surface area contributed by atoms with E-state index in [1.807, 2.05) is 36.4 Å². The Kier molecular flexibility index (Phi) is 7.31. The average molecular weight is 499 g/mol. The maximum Gasteiger partial charge on any atom is 0 e. The molecule has 0 radical (unpaired) electrons. The molecule has 158 valence electrons. The van der Waals surface area contributed by atoms with Crippen molar-refractivity contribution in [1.82, 2.24) is 0 Å². The third kappa shape index (κ3) is 4.90. The molecule has 3 rings (SSSR count). The Balaban J connectivity index is 0.00000300. The molecule has 3 heteroatoms. The van der Waals surface area contributed by atoms with Crippen LogP contribution in [0.2, 0.25) is 0 Å². The first-order valence-corrected chi connectivity index (χ1v) is 12.0. The van der Waals surface area contributed by atoms with Crippen LogP contribution < -0.4 is 15.9 Å². The summed E-state index contributed by atoms with van der Waals surface area (Å²) in [5, 5.41) is 3.14. The van der Waals surface area contributed by atoms with E-state index < -0.39 is 7.49 Å². The minimum absolute atomic E-state index is 0. The second-order valence-electron chi connectivity index (χ2n) is 9.70. The van der Waals surface area contributed by atoms with E-state index in [0.29, 0.717) is 0 Å². The summed E-state index contributed by atoms with van der Waals surface area (Å²) in [5.41, 5.74) is 2.54. The van der Waals surface area contributed by atoms with Crippen LogP contribution in [0.1, 0.15) is 52.7 Å². The zero-order valence-electron chi connectivity index (χ0n) is 18.3. The van der Waals surface area contributed by atoms with Crippen molar-refractivity contribution in [2.24, 2.45) is 0 Å². The van der Waals surface area contributed by atoms with Crippen molar-refractivity contribution in [1.29, 1.82) is 0 Å². The summed E-state index contributed by atoms with van der Waals surface area (Å²) in [5.74, 6) is 0. The Labute approximate surface area is 190 Å². The van der Waals surface area contributed by atoms with Crippen molar-refractivity contribution >= 4 is 23.4 Å². The third-order valence-electron chi connectivity index (χ3n) is 5.47. The first-order valence-electron chi connectivity index (χ1n) is 10.0. The fourth-order valence-corrected chi connectivity index (χ4v) is 7.25. The zero-order chi connectivity index (χ0) is 20.6. The first-order chi connectivity index (χ1) is 13.0. The van der Waals surface area contributed by atoms with Gasteiger partial charge >= 0.3 is 171 Å². The van der Waals surface area contributed by atoms with E-state index in [4.69, 9.17) is 0 Å². The molecule has 0 saturated heterocycles. The molecule has 0 aliphatic carbocycles. The van der Waals surface area contributed by atoms with Crippen molar-refractivity contribution < 1.29 is 25.3 Å².